The Balaban J connectivity index is 1.93. The average molecular weight is 240 g/mol. The highest BCUT2D eigenvalue weighted by molar-refractivity contribution is 4.99. The van der Waals surface area contributed by atoms with Gasteiger partial charge in [-0.15, -0.1) is 10.2 Å². The summed E-state index contributed by atoms with van der Waals surface area (Å²) in [5, 5.41) is 8.36. The number of fused-ring (bicyclic) bond motifs is 1. The monoisotopic (exact) mass is 240 g/mol. The van der Waals surface area contributed by atoms with Gasteiger partial charge in [0.25, 0.3) is 0 Å². The molecular formula is C11H20N4O2. The van der Waals surface area contributed by atoms with E-state index in [9.17, 15) is 0 Å². The third-order valence-corrected chi connectivity index (χ3v) is 3.12. The molecule has 0 bridgehead atoms. The Labute approximate surface area is 101 Å². The Bertz CT molecular complexity index is 353. The van der Waals surface area contributed by atoms with Gasteiger partial charge in [-0.25, -0.2) is 0 Å². The van der Waals surface area contributed by atoms with Gasteiger partial charge in [-0.05, 0) is 18.9 Å². The minimum atomic E-state index is 0.494. The van der Waals surface area contributed by atoms with Crippen molar-refractivity contribution in [3.8, 4) is 0 Å². The highest BCUT2D eigenvalue weighted by Crippen LogP contribution is 2.19. The smallest absolute Gasteiger partial charge is 0.159 e. The summed E-state index contributed by atoms with van der Waals surface area (Å²) in [5.74, 6) is 2.49. The Kier molecular flexibility index (Phi) is 4.47. The van der Waals surface area contributed by atoms with E-state index in [0.29, 0.717) is 25.7 Å². The first kappa shape index (κ1) is 12.5. The fourth-order valence-electron chi connectivity index (χ4n) is 2.06. The lowest BCUT2D eigenvalue weighted by Crippen LogP contribution is -2.27. The predicted octanol–water partition coefficient (Wildman–Crippen LogP) is -0.0378. The number of hydrogen-bond donors (Lipinski definition) is 1. The average Bonchev–Trinajstić information content (AvgIpc) is 2.77. The molecule has 2 heterocycles. The molecule has 6 nitrogen and oxygen atoms in total. The maximum atomic E-state index is 5.72. The quantitative estimate of drug-likeness (QED) is 0.706. The van der Waals surface area contributed by atoms with Crippen molar-refractivity contribution >= 4 is 0 Å². The summed E-state index contributed by atoms with van der Waals surface area (Å²) in [5.41, 5.74) is 5.72. The summed E-state index contributed by atoms with van der Waals surface area (Å²) < 4.78 is 12.5. The standard InChI is InChI=1S/C11H20N4O2/c1-16-4-5-17-8-11-14-13-10-3-2-9(6-12)7-15(10)11/h9H,2-8,12H2,1H3. The lowest BCUT2D eigenvalue weighted by atomic mass is 10.00. The topological polar surface area (TPSA) is 75.2 Å². The van der Waals surface area contributed by atoms with Crippen LogP contribution in [-0.2, 0) is 29.0 Å². The molecule has 1 unspecified atom stereocenters. The van der Waals surface area contributed by atoms with Gasteiger partial charge in [-0.3, -0.25) is 0 Å². The van der Waals surface area contributed by atoms with Gasteiger partial charge in [0.15, 0.2) is 5.82 Å². The maximum Gasteiger partial charge on any atom is 0.159 e. The SMILES string of the molecule is COCCOCc1nnc2n1CC(CN)CC2. The number of aromatic nitrogens is 3. The molecule has 0 fully saturated rings. The lowest BCUT2D eigenvalue weighted by molar-refractivity contribution is 0.0566. The van der Waals surface area contributed by atoms with Gasteiger partial charge in [-0.1, -0.05) is 0 Å². The minimum absolute atomic E-state index is 0.494. The molecule has 1 atom stereocenters. The third kappa shape index (κ3) is 3.02. The van der Waals surface area contributed by atoms with Crippen LogP contribution < -0.4 is 5.73 Å². The summed E-state index contributed by atoms with van der Waals surface area (Å²) >= 11 is 0. The van der Waals surface area contributed by atoms with Crippen molar-refractivity contribution in [2.45, 2.75) is 26.0 Å². The molecule has 1 aromatic rings. The number of aryl methyl sites for hydroxylation is 1. The second-order valence-corrected chi connectivity index (χ2v) is 4.33. The van der Waals surface area contributed by atoms with Gasteiger partial charge in [0.2, 0.25) is 0 Å². The van der Waals surface area contributed by atoms with E-state index in [0.717, 1.165) is 37.6 Å². The first-order chi connectivity index (χ1) is 8.35. The molecule has 0 amide bonds. The molecule has 1 aliphatic heterocycles. The molecule has 0 aromatic carbocycles. The van der Waals surface area contributed by atoms with Crippen LogP contribution in [0.5, 0.6) is 0 Å². The van der Waals surface area contributed by atoms with E-state index in [1.54, 1.807) is 7.11 Å². The number of rotatable bonds is 6. The number of ether oxygens (including phenoxy) is 2. The Morgan fingerprint density at radius 1 is 1.41 bits per heavy atom. The van der Waals surface area contributed by atoms with Crippen LogP contribution >= 0.6 is 0 Å². The van der Waals surface area contributed by atoms with E-state index in [1.165, 1.54) is 0 Å². The highest BCUT2D eigenvalue weighted by atomic mass is 16.5. The largest absolute Gasteiger partial charge is 0.382 e. The van der Waals surface area contributed by atoms with E-state index in [1.807, 2.05) is 0 Å². The normalized spacial score (nSPS) is 19.3. The van der Waals surface area contributed by atoms with Crippen LogP contribution in [0.15, 0.2) is 0 Å². The molecule has 0 aliphatic carbocycles. The minimum Gasteiger partial charge on any atom is -0.382 e. The Hall–Kier alpha value is -0.980. The molecule has 0 saturated carbocycles. The van der Waals surface area contributed by atoms with Crippen LogP contribution in [-0.4, -0.2) is 41.6 Å². The highest BCUT2D eigenvalue weighted by Gasteiger charge is 2.21. The molecular weight excluding hydrogens is 220 g/mol. The predicted molar refractivity (Wildman–Crippen MR) is 62.4 cm³/mol. The Morgan fingerprint density at radius 3 is 3.06 bits per heavy atom. The van der Waals surface area contributed by atoms with Crippen molar-refractivity contribution in [1.29, 1.82) is 0 Å². The number of methoxy groups -OCH3 is 1. The number of nitrogens with zero attached hydrogens (tertiary/aromatic N) is 3. The fraction of sp³-hybridized carbons (Fsp3) is 0.818. The van der Waals surface area contributed by atoms with Gasteiger partial charge in [-0.2, -0.15) is 0 Å². The molecule has 0 saturated heterocycles. The molecule has 2 rings (SSSR count). The van der Waals surface area contributed by atoms with E-state index in [4.69, 9.17) is 15.2 Å². The van der Waals surface area contributed by atoms with Crippen molar-refractivity contribution in [2.24, 2.45) is 11.7 Å². The van der Waals surface area contributed by atoms with Gasteiger partial charge >= 0.3 is 0 Å². The first-order valence-electron chi connectivity index (χ1n) is 6.03. The molecule has 2 N–H and O–H groups in total. The van der Waals surface area contributed by atoms with E-state index >= 15 is 0 Å². The molecule has 6 heteroatoms. The van der Waals surface area contributed by atoms with Crippen molar-refractivity contribution in [2.75, 3.05) is 26.9 Å². The van der Waals surface area contributed by atoms with E-state index < -0.39 is 0 Å². The zero-order valence-corrected chi connectivity index (χ0v) is 10.3. The molecule has 0 spiro atoms. The zero-order chi connectivity index (χ0) is 12.1. The summed E-state index contributed by atoms with van der Waals surface area (Å²) in [6.07, 6.45) is 2.08. The number of nitrogens with two attached hydrogens (primary N) is 1. The fourth-order valence-corrected chi connectivity index (χ4v) is 2.06. The van der Waals surface area contributed by atoms with Crippen LogP contribution in [0.4, 0.5) is 0 Å². The summed E-state index contributed by atoms with van der Waals surface area (Å²) in [6, 6.07) is 0. The second kappa shape index (κ2) is 6.09. The van der Waals surface area contributed by atoms with Crippen molar-refractivity contribution in [3.05, 3.63) is 11.6 Å². The number of hydrogen-bond acceptors (Lipinski definition) is 5. The van der Waals surface area contributed by atoms with Gasteiger partial charge in [0.05, 0.1) is 13.2 Å². The molecule has 17 heavy (non-hydrogen) atoms. The zero-order valence-electron chi connectivity index (χ0n) is 10.3. The van der Waals surface area contributed by atoms with Crippen LogP contribution in [0.3, 0.4) is 0 Å². The van der Waals surface area contributed by atoms with Crippen molar-refractivity contribution in [3.63, 3.8) is 0 Å². The summed E-state index contributed by atoms with van der Waals surface area (Å²) in [4.78, 5) is 0. The lowest BCUT2D eigenvalue weighted by Gasteiger charge is -2.22. The summed E-state index contributed by atoms with van der Waals surface area (Å²) in [6.45, 7) is 3.32. The molecule has 1 aromatic heterocycles. The van der Waals surface area contributed by atoms with Crippen LogP contribution in [0, 0.1) is 5.92 Å². The summed E-state index contributed by atoms with van der Waals surface area (Å²) in [7, 11) is 1.66. The molecule has 96 valence electrons. The Morgan fingerprint density at radius 2 is 2.29 bits per heavy atom. The van der Waals surface area contributed by atoms with Crippen molar-refractivity contribution in [1.82, 2.24) is 14.8 Å². The first-order valence-corrected chi connectivity index (χ1v) is 6.03. The molecule has 0 radical (unpaired) electrons. The van der Waals surface area contributed by atoms with E-state index in [2.05, 4.69) is 14.8 Å². The van der Waals surface area contributed by atoms with Crippen LogP contribution in [0.25, 0.3) is 0 Å². The van der Waals surface area contributed by atoms with E-state index in [-0.39, 0.29) is 0 Å². The van der Waals surface area contributed by atoms with Gasteiger partial charge < -0.3 is 19.8 Å². The maximum absolute atomic E-state index is 5.72. The third-order valence-electron chi connectivity index (χ3n) is 3.12. The van der Waals surface area contributed by atoms with Crippen LogP contribution in [0.1, 0.15) is 18.1 Å². The van der Waals surface area contributed by atoms with Gasteiger partial charge in [0.1, 0.15) is 12.4 Å². The van der Waals surface area contributed by atoms with Gasteiger partial charge in [0, 0.05) is 20.1 Å². The van der Waals surface area contributed by atoms with Crippen LogP contribution in [0.2, 0.25) is 0 Å². The second-order valence-electron chi connectivity index (χ2n) is 4.33. The molecule has 1 aliphatic rings. The van der Waals surface area contributed by atoms with Crippen molar-refractivity contribution < 1.29 is 9.47 Å².